The monoisotopic (exact) mass is 269 g/mol. The van der Waals surface area contributed by atoms with E-state index in [1.165, 1.54) is 23.9 Å². The molecule has 90 valence electrons. The Labute approximate surface area is 104 Å². The number of hydrogen-bond donors (Lipinski definition) is 1. The summed E-state index contributed by atoms with van der Waals surface area (Å²) in [4.78, 5) is 4.01. The van der Waals surface area contributed by atoms with Crippen molar-refractivity contribution in [3.8, 4) is 0 Å². The molecule has 1 aromatic rings. The van der Waals surface area contributed by atoms with Gasteiger partial charge in [0, 0.05) is 0 Å². The molecule has 0 unspecified atom stereocenters. The minimum atomic E-state index is -3.67. The zero-order chi connectivity index (χ0) is 12.5. The molecular weight excluding hydrogens is 258 g/mol. The van der Waals surface area contributed by atoms with Gasteiger partial charge >= 0.3 is 0 Å². The third kappa shape index (κ3) is 2.86. The summed E-state index contributed by atoms with van der Waals surface area (Å²) in [7, 11) is -3.67. The van der Waals surface area contributed by atoms with Crippen molar-refractivity contribution in [2.24, 2.45) is 15.1 Å². The van der Waals surface area contributed by atoms with Crippen molar-refractivity contribution >= 4 is 32.8 Å². The second-order valence-electron chi connectivity index (χ2n) is 3.53. The zero-order valence-electron chi connectivity index (χ0n) is 9.12. The van der Waals surface area contributed by atoms with Crippen molar-refractivity contribution in [2.75, 3.05) is 5.75 Å². The number of sulfonamides is 1. The van der Waals surface area contributed by atoms with Crippen LogP contribution in [0.4, 0.5) is 0 Å². The van der Waals surface area contributed by atoms with Crippen LogP contribution < -0.4 is 5.73 Å². The molecule has 0 amide bonds. The topological polar surface area (TPSA) is 84.9 Å². The van der Waals surface area contributed by atoms with E-state index in [9.17, 15) is 8.42 Å². The first-order chi connectivity index (χ1) is 7.97. The lowest BCUT2D eigenvalue weighted by molar-refractivity contribution is 0.598. The Kier molecular flexibility index (Phi) is 3.21. The highest BCUT2D eigenvalue weighted by molar-refractivity contribution is 8.14. The molecule has 0 saturated heterocycles. The number of thioether (sulfide) groups is 1. The van der Waals surface area contributed by atoms with Gasteiger partial charge in [-0.25, -0.2) is 4.99 Å². The number of benzene rings is 1. The van der Waals surface area contributed by atoms with Gasteiger partial charge in [0.15, 0.2) is 11.0 Å². The van der Waals surface area contributed by atoms with Gasteiger partial charge in [0.2, 0.25) is 0 Å². The van der Waals surface area contributed by atoms with Crippen LogP contribution in [0.5, 0.6) is 0 Å². The molecule has 2 N–H and O–H groups in total. The van der Waals surface area contributed by atoms with Crippen molar-refractivity contribution in [2.45, 2.75) is 11.8 Å². The average Bonchev–Trinajstić information content (AvgIpc) is 2.63. The molecule has 0 bridgehead atoms. The first-order valence-corrected chi connectivity index (χ1v) is 7.27. The number of aryl methyl sites for hydroxylation is 1. The van der Waals surface area contributed by atoms with E-state index in [-0.39, 0.29) is 10.7 Å². The average molecular weight is 269 g/mol. The maximum atomic E-state index is 11.9. The van der Waals surface area contributed by atoms with E-state index in [4.69, 9.17) is 5.73 Å². The minimum absolute atomic E-state index is 0.168. The number of nitrogens with two attached hydrogens (primary N) is 1. The summed E-state index contributed by atoms with van der Waals surface area (Å²) in [5.41, 5.74) is 6.44. The van der Waals surface area contributed by atoms with Gasteiger partial charge in [-0.1, -0.05) is 29.5 Å². The molecule has 2 rings (SSSR count). The highest BCUT2D eigenvalue weighted by Gasteiger charge is 2.17. The van der Waals surface area contributed by atoms with Crippen LogP contribution >= 0.6 is 11.8 Å². The van der Waals surface area contributed by atoms with Crippen molar-refractivity contribution < 1.29 is 8.42 Å². The van der Waals surface area contributed by atoms with Crippen molar-refractivity contribution in [3.63, 3.8) is 0 Å². The number of rotatable bonds is 2. The zero-order valence-corrected chi connectivity index (χ0v) is 10.8. The van der Waals surface area contributed by atoms with Crippen LogP contribution in [0.1, 0.15) is 5.56 Å². The Balaban J connectivity index is 2.35. The van der Waals surface area contributed by atoms with Gasteiger partial charge < -0.3 is 5.73 Å². The van der Waals surface area contributed by atoms with Gasteiger partial charge in [0.05, 0.1) is 10.6 Å². The SMILES string of the molecule is Cc1ccc(S(=O)(=O)N=C2CSC(N)=N2)cc1. The maximum absolute atomic E-state index is 11.9. The quantitative estimate of drug-likeness (QED) is 0.872. The van der Waals surface area contributed by atoms with Crippen LogP contribution in [-0.2, 0) is 10.0 Å². The van der Waals surface area contributed by atoms with Crippen LogP contribution in [-0.4, -0.2) is 25.2 Å². The number of amidine groups is 2. The predicted octanol–water partition coefficient (Wildman–Crippen LogP) is 1.14. The minimum Gasteiger partial charge on any atom is -0.378 e. The molecular formula is C10H11N3O2S2. The van der Waals surface area contributed by atoms with Gasteiger partial charge in [-0.15, -0.1) is 4.40 Å². The van der Waals surface area contributed by atoms with Gasteiger partial charge in [0.25, 0.3) is 10.0 Å². The molecule has 0 atom stereocenters. The fourth-order valence-electron chi connectivity index (χ4n) is 1.28. The molecule has 0 aromatic heterocycles. The molecule has 0 radical (unpaired) electrons. The van der Waals surface area contributed by atoms with Crippen LogP contribution in [0.2, 0.25) is 0 Å². The maximum Gasteiger partial charge on any atom is 0.284 e. The lowest BCUT2D eigenvalue weighted by atomic mass is 10.2. The normalized spacial score (nSPS) is 18.4. The molecule has 0 spiro atoms. The Morgan fingerprint density at radius 2 is 2.00 bits per heavy atom. The Morgan fingerprint density at radius 1 is 1.35 bits per heavy atom. The Morgan fingerprint density at radius 3 is 2.53 bits per heavy atom. The molecule has 0 aliphatic carbocycles. The third-order valence-corrected chi connectivity index (χ3v) is 4.24. The standard InChI is InChI=1S/C10H11N3O2S2/c1-7-2-4-8(5-3-7)17(14,15)13-9-6-16-10(11)12-9/h2-5H,6H2,1H3,(H2,11,12,13). The van der Waals surface area contributed by atoms with Gasteiger partial charge in [-0.2, -0.15) is 8.42 Å². The summed E-state index contributed by atoms with van der Waals surface area (Å²) < 4.78 is 27.5. The van der Waals surface area contributed by atoms with E-state index in [2.05, 4.69) is 9.39 Å². The molecule has 1 aromatic carbocycles. The molecule has 0 fully saturated rings. The first-order valence-electron chi connectivity index (χ1n) is 4.85. The van der Waals surface area contributed by atoms with E-state index in [0.717, 1.165) is 5.56 Å². The fraction of sp³-hybridized carbons (Fsp3) is 0.200. The molecule has 0 saturated carbocycles. The Hall–Kier alpha value is -1.34. The smallest absolute Gasteiger partial charge is 0.284 e. The number of hydrogen-bond acceptors (Lipinski definition) is 4. The highest BCUT2D eigenvalue weighted by atomic mass is 32.2. The summed E-state index contributed by atoms with van der Waals surface area (Å²) >= 11 is 1.28. The first kappa shape index (κ1) is 12.1. The summed E-state index contributed by atoms with van der Waals surface area (Å²) in [5.74, 6) is 0.643. The second-order valence-corrected chi connectivity index (χ2v) is 6.13. The number of nitrogens with zero attached hydrogens (tertiary/aromatic N) is 2. The summed E-state index contributed by atoms with van der Waals surface area (Å²) in [6.45, 7) is 1.89. The van der Waals surface area contributed by atoms with Crippen molar-refractivity contribution in [1.82, 2.24) is 0 Å². The van der Waals surface area contributed by atoms with E-state index in [1.807, 2.05) is 6.92 Å². The molecule has 1 aliphatic heterocycles. The lowest BCUT2D eigenvalue weighted by Crippen LogP contribution is -2.03. The molecule has 5 nitrogen and oxygen atoms in total. The van der Waals surface area contributed by atoms with Crippen LogP contribution in [0, 0.1) is 6.92 Å². The van der Waals surface area contributed by atoms with Crippen molar-refractivity contribution in [1.29, 1.82) is 0 Å². The highest BCUT2D eigenvalue weighted by Crippen LogP contribution is 2.17. The van der Waals surface area contributed by atoms with Crippen LogP contribution in [0.3, 0.4) is 0 Å². The summed E-state index contributed by atoms with van der Waals surface area (Å²) in [6, 6.07) is 6.52. The third-order valence-electron chi connectivity index (χ3n) is 2.13. The van der Waals surface area contributed by atoms with E-state index < -0.39 is 10.0 Å². The predicted molar refractivity (Wildman–Crippen MR) is 69.9 cm³/mol. The van der Waals surface area contributed by atoms with E-state index >= 15 is 0 Å². The summed E-state index contributed by atoms with van der Waals surface area (Å²) in [6.07, 6.45) is 0. The molecule has 7 heteroatoms. The fourth-order valence-corrected chi connectivity index (χ4v) is 2.90. The van der Waals surface area contributed by atoms with Gasteiger partial charge in [0.1, 0.15) is 0 Å². The second kappa shape index (κ2) is 4.50. The lowest BCUT2D eigenvalue weighted by Gasteiger charge is -1.99. The van der Waals surface area contributed by atoms with Gasteiger partial charge in [-0.3, -0.25) is 0 Å². The van der Waals surface area contributed by atoms with E-state index in [1.54, 1.807) is 12.1 Å². The van der Waals surface area contributed by atoms with E-state index in [0.29, 0.717) is 10.9 Å². The van der Waals surface area contributed by atoms with Gasteiger partial charge in [-0.05, 0) is 19.1 Å². The molecule has 1 heterocycles. The Bertz CT molecular complexity index is 588. The molecule has 1 aliphatic rings. The largest absolute Gasteiger partial charge is 0.378 e. The van der Waals surface area contributed by atoms with Crippen LogP contribution in [0.25, 0.3) is 0 Å². The summed E-state index contributed by atoms with van der Waals surface area (Å²) in [5, 5.41) is 0.350. The van der Waals surface area contributed by atoms with Crippen LogP contribution in [0.15, 0.2) is 38.6 Å². The number of aliphatic imine (C=N–C) groups is 1. The van der Waals surface area contributed by atoms with Crippen molar-refractivity contribution in [3.05, 3.63) is 29.8 Å². The molecule has 17 heavy (non-hydrogen) atoms.